The average Bonchev–Trinajstić information content (AvgIpc) is 3.49. The largest absolute Gasteiger partial charge is 0.507 e. The van der Waals surface area contributed by atoms with Crippen LogP contribution in [0.3, 0.4) is 0 Å². The quantitative estimate of drug-likeness (QED) is 0.191. The molecule has 0 saturated carbocycles. The van der Waals surface area contributed by atoms with Gasteiger partial charge in [-0.15, -0.1) is 0 Å². The van der Waals surface area contributed by atoms with E-state index in [1.165, 1.54) is 37.6 Å². The Balaban J connectivity index is 1.76. The normalized spacial score (nSPS) is 16.7. The summed E-state index contributed by atoms with van der Waals surface area (Å²) in [5.74, 6) is -0.386. The third-order valence-corrected chi connectivity index (χ3v) is 7.61. The molecule has 1 saturated heterocycles. The molecule has 3 aromatic carbocycles. The highest BCUT2D eigenvalue weighted by atomic mass is 32.1. The van der Waals surface area contributed by atoms with Crippen LogP contribution < -0.4 is 19.1 Å². The summed E-state index contributed by atoms with van der Waals surface area (Å²) in [7, 11) is 4.57. The van der Waals surface area contributed by atoms with Crippen LogP contribution in [0.2, 0.25) is 0 Å². The van der Waals surface area contributed by atoms with Gasteiger partial charge in [-0.3, -0.25) is 14.5 Å². The number of aromatic nitrogens is 1. The predicted molar refractivity (Wildman–Crippen MR) is 146 cm³/mol. The fourth-order valence-electron chi connectivity index (χ4n) is 4.56. The van der Waals surface area contributed by atoms with Crippen molar-refractivity contribution < 1.29 is 28.9 Å². The maximum absolute atomic E-state index is 13.6. The first kappa shape index (κ1) is 25.3. The number of hydrogen-bond donors (Lipinski definition) is 1. The average molecular weight is 531 g/mol. The molecular weight excluding hydrogens is 504 g/mol. The Morgan fingerprint density at radius 3 is 2.32 bits per heavy atom. The van der Waals surface area contributed by atoms with Gasteiger partial charge in [0.1, 0.15) is 29.0 Å². The van der Waals surface area contributed by atoms with Crippen molar-refractivity contribution in [2.75, 3.05) is 26.2 Å². The van der Waals surface area contributed by atoms with Gasteiger partial charge in [-0.25, -0.2) is 4.98 Å². The van der Waals surface area contributed by atoms with Crippen LogP contribution in [0.1, 0.15) is 29.7 Å². The van der Waals surface area contributed by atoms with E-state index in [1.807, 2.05) is 18.2 Å². The van der Waals surface area contributed by atoms with Crippen molar-refractivity contribution in [2.24, 2.45) is 0 Å². The highest BCUT2D eigenvalue weighted by Gasteiger charge is 2.49. The number of carbonyl (C=O) groups excluding carboxylic acids is 2. The van der Waals surface area contributed by atoms with Crippen LogP contribution >= 0.6 is 11.3 Å². The van der Waals surface area contributed by atoms with Gasteiger partial charge < -0.3 is 19.3 Å². The lowest BCUT2D eigenvalue weighted by atomic mass is 9.94. The molecular formula is C29H26N2O6S. The van der Waals surface area contributed by atoms with E-state index in [2.05, 4.69) is 6.92 Å². The number of aryl methyl sites for hydroxylation is 1. The fourth-order valence-corrected chi connectivity index (χ4v) is 5.62. The molecule has 1 amide bonds. The van der Waals surface area contributed by atoms with Crippen molar-refractivity contribution in [3.63, 3.8) is 0 Å². The zero-order valence-corrected chi connectivity index (χ0v) is 22.2. The number of amides is 1. The Bertz CT molecular complexity index is 1570. The molecule has 0 radical (unpaired) electrons. The summed E-state index contributed by atoms with van der Waals surface area (Å²) >= 11 is 1.32. The summed E-state index contributed by atoms with van der Waals surface area (Å²) in [5, 5.41) is 11.8. The number of anilines is 1. The van der Waals surface area contributed by atoms with Crippen molar-refractivity contribution in [2.45, 2.75) is 19.4 Å². The standard InChI is InChI=1S/C29H26N2O6S/c1-5-16-6-12-21-23(14-16)38-29(30-21)31-25(20-15-19(36-3)11-13-22(20)37-4)24(27(33)28(31)34)26(32)17-7-9-18(35-2)10-8-17/h6-15,25,32H,5H2,1-4H3/t25-/m0/s1. The molecule has 194 valence electrons. The van der Waals surface area contributed by atoms with E-state index in [-0.39, 0.29) is 11.3 Å². The number of aliphatic hydroxyl groups is 1. The second-order valence-electron chi connectivity index (χ2n) is 8.66. The predicted octanol–water partition coefficient (Wildman–Crippen LogP) is 5.51. The van der Waals surface area contributed by atoms with E-state index in [9.17, 15) is 14.7 Å². The first-order chi connectivity index (χ1) is 18.4. The number of methoxy groups -OCH3 is 3. The minimum atomic E-state index is -1.01. The third-order valence-electron chi connectivity index (χ3n) is 6.60. The number of nitrogens with zero attached hydrogens (tertiary/aromatic N) is 2. The molecule has 9 heteroatoms. The van der Waals surface area contributed by atoms with Crippen LogP contribution in [0, 0.1) is 0 Å². The number of aliphatic hydroxyl groups excluding tert-OH is 1. The molecule has 0 unspecified atom stereocenters. The number of benzene rings is 3. The molecule has 1 aliphatic heterocycles. The molecule has 1 atom stereocenters. The zero-order valence-electron chi connectivity index (χ0n) is 21.3. The van der Waals surface area contributed by atoms with Gasteiger partial charge in [0.15, 0.2) is 5.13 Å². The lowest BCUT2D eigenvalue weighted by Crippen LogP contribution is -2.29. The first-order valence-corrected chi connectivity index (χ1v) is 12.8. The number of ether oxygens (including phenoxy) is 3. The van der Waals surface area contributed by atoms with Crippen LogP contribution in [-0.4, -0.2) is 43.1 Å². The van der Waals surface area contributed by atoms with Gasteiger partial charge >= 0.3 is 5.91 Å². The molecule has 1 aliphatic rings. The Kier molecular flexibility index (Phi) is 6.77. The van der Waals surface area contributed by atoms with Gasteiger partial charge in [0.2, 0.25) is 0 Å². The Labute approximate surface area is 223 Å². The lowest BCUT2D eigenvalue weighted by molar-refractivity contribution is -0.132. The van der Waals surface area contributed by atoms with Crippen molar-refractivity contribution >= 4 is 44.1 Å². The van der Waals surface area contributed by atoms with Crippen LogP contribution in [0.5, 0.6) is 17.2 Å². The van der Waals surface area contributed by atoms with Gasteiger partial charge in [-0.05, 0) is 66.6 Å². The Hall–Kier alpha value is -4.37. The number of rotatable bonds is 7. The second kappa shape index (κ2) is 10.2. The van der Waals surface area contributed by atoms with E-state index in [1.54, 1.807) is 42.5 Å². The van der Waals surface area contributed by atoms with E-state index in [0.29, 0.717) is 33.5 Å². The van der Waals surface area contributed by atoms with E-state index in [4.69, 9.17) is 19.2 Å². The van der Waals surface area contributed by atoms with Gasteiger partial charge in [0.25, 0.3) is 5.78 Å². The molecule has 4 aromatic rings. The van der Waals surface area contributed by atoms with E-state index in [0.717, 1.165) is 22.2 Å². The maximum Gasteiger partial charge on any atom is 0.301 e. The van der Waals surface area contributed by atoms with Crippen molar-refractivity contribution in [3.05, 3.63) is 82.9 Å². The van der Waals surface area contributed by atoms with Crippen molar-refractivity contribution in [1.82, 2.24) is 4.98 Å². The first-order valence-electron chi connectivity index (χ1n) is 12.0. The minimum Gasteiger partial charge on any atom is -0.507 e. The number of hydrogen-bond acceptors (Lipinski definition) is 8. The highest BCUT2D eigenvalue weighted by molar-refractivity contribution is 7.22. The molecule has 0 bridgehead atoms. The van der Waals surface area contributed by atoms with Gasteiger partial charge in [-0.1, -0.05) is 24.3 Å². The molecule has 2 heterocycles. The monoisotopic (exact) mass is 530 g/mol. The third kappa shape index (κ3) is 4.24. The molecule has 38 heavy (non-hydrogen) atoms. The second-order valence-corrected chi connectivity index (χ2v) is 9.67. The maximum atomic E-state index is 13.6. The van der Waals surface area contributed by atoms with Crippen LogP contribution in [0.15, 0.2) is 66.2 Å². The van der Waals surface area contributed by atoms with Crippen LogP contribution in [-0.2, 0) is 16.0 Å². The molecule has 5 rings (SSSR count). The molecule has 1 N–H and O–H groups in total. The van der Waals surface area contributed by atoms with E-state index < -0.39 is 17.7 Å². The molecule has 1 aromatic heterocycles. The summed E-state index contributed by atoms with van der Waals surface area (Å²) in [5.41, 5.74) is 2.64. The SMILES string of the molecule is CCc1ccc2nc(N3C(=O)C(=O)C(=C(O)c4ccc(OC)cc4)[C@@H]3c3cc(OC)ccc3OC)sc2c1. The molecule has 0 aliphatic carbocycles. The van der Waals surface area contributed by atoms with Crippen molar-refractivity contribution in [3.8, 4) is 17.2 Å². The zero-order chi connectivity index (χ0) is 27.0. The topological polar surface area (TPSA) is 98.2 Å². The molecule has 0 spiro atoms. The summed E-state index contributed by atoms with van der Waals surface area (Å²) in [6.45, 7) is 2.07. The molecule has 1 fully saturated rings. The number of ketones is 1. The van der Waals surface area contributed by atoms with Gasteiger partial charge in [0.05, 0.1) is 37.1 Å². The number of carbonyl (C=O) groups is 2. The fraction of sp³-hybridized carbons (Fsp3) is 0.207. The van der Waals surface area contributed by atoms with Crippen LogP contribution in [0.4, 0.5) is 5.13 Å². The number of fused-ring (bicyclic) bond motifs is 1. The number of Topliss-reactive ketones (excluding diaryl/α,β-unsaturated/α-hetero) is 1. The summed E-state index contributed by atoms with van der Waals surface area (Å²) in [6.07, 6.45) is 0.858. The van der Waals surface area contributed by atoms with Crippen molar-refractivity contribution in [1.29, 1.82) is 0 Å². The van der Waals surface area contributed by atoms with Gasteiger partial charge in [-0.2, -0.15) is 0 Å². The Morgan fingerprint density at radius 2 is 1.66 bits per heavy atom. The summed E-state index contributed by atoms with van der Waals surface area (Å²) in [6, 6.07) is 16.7. The number of thiazole rings is 1. The smallest absolute Gasteiger partial charge is 0.301 e. The highest BCUT2D eigenvalue weighted by Crippen LogP contribution is 2.47. The van der Waals surface area contributed by atoms with Gasteiger partial charge in [0, 0.05) is 11.1 Å². The molecule has 8 nitrogen and oxygen atoms in total. The Morgan fingerprint density at radius 1 is 0.947 bits per heavy atom. The summed E-state index contributed by atoms with van der Waals surface area (Å²) in [4.78, 5) is 33.2. The lowest BCUT2D eigenvalue weighted by Gasteiger charge is -2.25. The van der Waals surface area contributed by atoms with Crippen LogP contribution in [0.25, 0.3) is 16.0 Å². The summed E-state index contributed by atoms with van der Waals surface area (Å²) < 4.78 is 17.2. The van der Waals surface area contributed by atoms with E-state index >= 15 is 0 Å². The minimum absolute atomic E-state index is 0.0692.